The molecule has 102 valence electrons. The zero-order valence-electron chi connectivity index (χ0n) is 11.8. The molecule has 0 aromatic carbocycles. The minimum absolute atomic E-state index is 0.539. The van der Waals surface area contributed by atoms with Crippen molar-refractivity contribution < 1.29 is 4.74 Å². The molecule has 0 amide bonds. The zero-order valence-corrected chi connectivity index (χ0v) is 11.8. The second-order valence-corrected chi connectivity index (χ2v) is 7.51. The van der Waals surface area contributed by atoms with Gasteiger partial charge in [-0.3, -0.25) is 0 Å². The molecule has 4 fully saturated rings. The van der Waals surface area contributed by atoms with E-state index < -0.39 is 0 Å². The van der Waals surface area contributed by atoms with Crippen molar-refractivity contribution in [3.63, 3.8) is 0 Å². The van der Waals surface area contributed by atoms with Gasteiger partial charge in [0.1, 0.15) is 0 Å². The predicted molar refractivity (Wildman–Crippen MR) is 73.3 cm³/mol. The van der Waals surface area contributed by atoms with E-state index in [1.807, 2.05) is 0 Å². The van der Waals surface area contributed by atoms with E-state index in [2.05, 4.69) is 6.92 Å². The number of rotatable bonds is 3. The molecule has 0 saturated heterocycles. The first-order valence-corrected chi connectivity index (χ1v) is 8.50. The van der Waals surface area contributed by atoms with Crippen LogP contribution < -0.4 is 0 Å². The van der Waals surface area contributed by atoms with Gasteiger partial charge in [-0.15, -0.1) is 0 Å². The molecular weight excluding hydrogens is 220 g/mol. The molecule has 0 bridgehead atoms. The zero-order chi connectivity index (χ0) is 12.1. The molecule has 0 aliphatic heterocycles. The molecule has 0 heterocycles. The molecule has 0 spiro atoms. The summed E-state index contributed by atoms with van der Waals surface area (Å²) in [7, 11) is 0. The summed E-state index contributed by atoms with van der Waals surface area (Å²) in [6.45, 7) is 2.36. The first-order chi connectivity index (χ1) is 8.84. The van der Waals surface area contributed by atoms with Gasteiger partial charge < -0.3 is 4.74 Å². The van der Waals surface area contributed by atoms with Crippen molar-refractivity contribution in [1.82, 2.24) is 0 Å². The smallest absolute Gasteiger partial charge is 0.0615 e. The lowest BCUT2D eigenvalue weighted by Gasteiger charge is -2.62. The van der Waals surface area contributed by atoms with Crippen LogP contribution in [0.4, 0.5) is 0 Å². The van der Waals surface area contributed by atoms with Gasteiger partial charge in [-0.1, -0.05) is 25.7 Å². The molecule has 6 unspecified atom stereocenters. The van der Waals surface area contributed by atoms with Gasteiger partial charge in [-0.05, 0) is 68.6 Å². The lowest BCUT2D eigenvalue weighted by atomic mass is 9.46. The van der Waals surface area contributed by atoms with Crippen LogP contribution in [-0.4, -0.2) is 12.2 Å². The molecule has 1 nitrogen and oxygen atoms in total. The molecule has 1 heteroatoms. The van der Waals surface area contributed by atoms with E-state index in [1.165, 1.54) is 57.8 Å². The fourth-order valence-electron chi connectivity index (χ4n) is 5.73. The fraction of sp³-hybridized carbons (Fsp3) is 1.00. The third kappa shape index (κ3) is 1.69. The molecular formula is C17H28O. The summed E-state index contributed by atoms with van der Waals surface area (Å²) in [4.78, 5) is 0. The van der Waals surface area contributed by atoms with Crippen LogP contribution in [0.15, 0.2) is 0 Å². The van der Waals surface area contributed by atoms with Crippen LogP contribution in [0.1, 0.15) is 64.7 Å². The van der Waals surface area contributed by atoms with E-state index in [4.69, 9.17) is 4.74 Å². The van der Waals surface area contributed by atoms with E-state index in [0.29, 0.717) is 12.2 Å². The van der Waals surface area contributed by atoms with Crippen LogP contribution >= 0.6 is 0 Å². The molecule has 6 atom stereocenters. The molecule has 0 radical (unpaired) electrons. The molecule has 4 rings (SSSR count). The van der Waals surface area contributed by atoms with E-state index in [9.17, 15) is 0 Å². The second kappa shape index (κ2) is 4.51. The van der Waals surface area contributed by atoms with Crippen molar-refractivity contribution in [2.24, 2.45) is 29.6 Å². The van der Waals surface area contributed by atoms with Crippen LogP contribution in [0.5, 0.6) is 0 Å². The summed E-state index contributed by atoms with van der Waals surface area (Å²) in [5.41, 5.74) is 0. The van der Waals surface area contributed by atoms with E-state index in [0.717, 1.165) is 29.6 Å². The molecule has 4 saturated carbocycles. The standard InChI is InChI=1S/C17H28O/c1-11(12-6-3-2-4-7-12)18-16-10-15-13-8-5-9-14(13)17(15)16/h11-17H,2-10H2,1H3. The summed E-state index contributed by atoms with van der Waals surface area (Å²) in [6.07, 6.45) is 14.4. The number of hydrogen-bond donors (Lipinski definition) is 0. The SMILES string of the molecule is CC(OC1CC2C3CCCC3C12)C1CCCCC1. The molecule has 0 aromatic heterocycles. The Kier molecular flexibility index (Phi) is 2.94. The van der Waals surface area contributed by atoms with Gasteiger partial charge >= 0.3 is 0 Å². The summed E-state index contributed by atoms with van der Waals surface area (Å²) in [6, 6.07) is 0. The second-order valence-electron chi connectivity index (χ2n) is 7.51. The molecule has 18 heavy (non-hydrogen) atoms. The first-order valence-electron chi connectivity index (χ1n) is 8.50. The highest BCUT2D eigenvalue weighted by atomic mass is 16.5. The van der Waals surface area contributed by atoms with Gasteiger partial charge in [0.2, 0.25) is 0 Å². The highest BCUT2D eigenvalue weighted by molar-refractivity contribution is 5.10. The molecule has 4 aliphatic rings. The van der Waals surface area contributed by atoms with E-state index in [-0.39, 0.29) is 0 Å². The third-order valence-electron chi connectivity index (χ3n) is 6.80. The number of fused-ring (bicyclic) bond motifs is 4. The Labute approximate surface area is 112 Å². The van der Waals surface area contributed by atoms with Crippen LogP contribution in [0.25, 0.3) is 0 Å². The molecule has 0 N–H and O–H groups in total. The highest BCUT2D eigenvalue weighted by Crippen LogP contribution is 2.65. The maximum Gasteiger partial charge on any atom is 0.0615 e. The Hall–Kier alpha value is -0.0400. The Morgan fingerprint density at radius 3 is 2.44 bits per heavy atom. The predicted octanol–water partition coefficient (Wildman–Crippen LogP) is 4.41. The monoisotopic (exact) mass is 248 g/mol. The third-order valence-corrected chi connectivity index (χ3v) is 6.80. The van der Waals surface area contributed by atoms with Gasteiger partial charge in [-0.2, -0.15) is 0 Å². The summed E-state index contributed by atoms with van der Waals surface area (Å²) in [5.74, 6) is 5.15. The van der Waals surface area contributed by atoms with Crippen molar-refractivity contribution in [3.05, 3.63) is 0 Å². The Balaban J connectivity index is 1.30. The number of hydrogen-bond acceptors (Lipinski definition) is 1. The quantitative estimate of drug-likeness (QED) is 0.719. The normalized spacial score (nSPS) is 48.8. The van der Waals surface area contributed by atoms with Gasteiger partial charge in [0.25, 0.3) is 0 Å². The van der Waals surface area contributed by atoms with Crippen molar-refractivity contribution in [1.29, 1.82) is 0 Å². The largest absolute Gasteiger partial charge is 0.375 e. The van der Waals surface area contributed by atoms with Crippen LogP contribution in [0, 0.1) is 29.6 Å². The lowest BCUT2D eigenvalue weighted by molar-refractivity contribution is -0.221. The average molecular weight is 248 g/mol. The van der Waals surface area contributed by atoms with Crippen molar-refractivity contribution in [2.75, 3.05) is 0 Å². The van der Waals surface area contributed by atoms with Crippen molar-refractivity contribution in [3.8, 4) is 0 Å². The maximum absolute atomic E-state index is 6.47. The minimum atomic E-state index is 0.539. The van der Waals surface area contributed by atoms with Gasteiger partial charge in [0.05, 0.1) is 12.2 Å². The Morgan fingerprint density at radius 1 is 0.833 bits per heavy atom. The van der Waals surface area contributed by atoms with E-state index >= 15 is 0 Å². The minimum Gasteiger partial charge on any atom is -0.375 e. The Morgan fingerprint density at radius 2 is 1.61 bits per heavy atom. The molecule has 4 aliphatic carbocycles. The average Bonchev–Trinajstić information content (AvgIpc) is 2.78. The lowest BCUT2D eigenvalue weighted by Crippen LogP contribution is -2.61. The van der Waals surface area contributed by atoms with Crippen LogP contribution in [0.3, 0.4) is 0 Å². The van der Waals surface area contributed by atoms with Gasteiger partial charge in [-0.25, -0.2) is 0 Å². The highest BCUT2D eigenvalue weighted by Gasteiger charge is 2.62. The van der Waals surface area contributed by atoms with Gasteiger partial charge in [0.15, 0.2) is 0 Å². The fourth-order valence-corrected chi connectivity index (χ4v) is 5.73. The first kappa shape index (κ1) is 11.8. The molecule has 0 aromatic rings. The van der Waals surface area contributed by atoms with E-state index in [1.54, 1.807) is 0 Å². The summed E-state index contributed by atoms with van der Waals surface area (Å²) in [5, 5.41) is 0. The van der Waals surface area contributed by atoms with Crippen molar-refractivity contribution >= 4 is 0 Å². The topological polar surface area (TPSA) is 9.23 Å². The van der Waals surface area contributed by atoms with Crippen LogP contribution in [0.2, 0.25) is 0 Å². The van der Waals surface area contributed by atoms with Gasteiger partial charge in [0, 0.05) is 0 Å². The maximum atomic E-state index is 6.47. The number of ether oxygens (including phenoxy) is 1. The summed E-state index contributed by atoms with van der Waals surface area (Å²) >= 11 is 0. The van der Waals surface area contributed by atoms with Crippen molar-refractivity contribution in [2.45, 2.75) is 76.9 Å². The van der Waals surface area contributed by atoms with Crippen LogP contribution in [-0.2, 0) is 4.74 Å². The Bertz CT molecular complexity index is 307. The summed E-state index contributed by atoms with van der Waals surface area (Å²) < 4.78 is 6.47.